The van der Waals surface area contributed by atoms with E-state index in [-0.39, 0.29) is 11.8 Å². The molecule has 1 aliphatic carbocycles. The van der Waals surface area contributed by atoms with Crippen LogP contribution in [0.2, 0.25) is 0 Å². The summed E-state index contributed by atoms with van der Waals surface area (Å²) in [5, 5.41) is 14.3. The summed E-state index contributed by atoms with van der Waals surface area (Å²) in [4.78, 5) is 10.6. The van der Waals surface area contributed by atoms with Gasteiger partial charge in [0.05, 0.1) is 11.0 Å². The lowest BCUT2D eigenvalue weighted by Gasteiger charge is -2.13. The average molecular weight is 278 g/mol. The average Bonchev–Trinajstić information content (AvgIpc) is 2.93. The fraction of sp³-hybridized carbons (Fsp3) is 0.600. The van der Waals surface area contributed by atoms with E-state index in [1.54, 1.807) is 12.1 Å². The summed E-state index contributed by atoms with van der Waals surface area (Å²) in [7, 11) is 0. The molecule has 0 spiro atoms. The normalized spacial score (nSPS) is 19.8. The van der Waals surface area contributed by atoms with E-state index in [0.717, 1.165) is 12.2 Å². The number of nitro groups is 1. The number of rotatable bonds is 6. The zero-order valence-corrected chi connectivity index (χ0v) is 12.5. The molecule has 1 aromatic carbocycles. The first kappa shape index (κ1) is 14.6. The molecule has 5 nitrogen and oxygen atoms in total. The van der Waals surface area contributed by atoms with Crippen molar-refractivity contribution in [3.63, 3.8) is 0 Å². The molecule has 1 unspecified atom stereocenters. The zero-order chi connectivity index (χ0) is 14.9. The molecule has 0 amide bonds. The number of ether oxygens (including phenoxy) is 1. The number of hydrogen-bond acceptors (Lipinski definition) is 4. The minimum atomic E-state index is -0.411. The Balaban J connectivity index is 2.08. The first-order valence-electron chi connectivity index (χ1n) is 6.98. The Morgan fingerprint density at radius 3 is 2.65 bits per heavy atom. The van der Waals surface area contributed by atoms with Crippen molar-refractivity contribution in [3.05, 3.63) is 28.3 Å². The summed E-state index contributed by atoms with van der Waals surface area (Å²) in [6.45, 7) is 9.12. The number of nitrogens with zero attached hydrogens (tertiary/aromatic N) is 1. The topological polar surface area (TPSA) is 64.4 Å². The van der Waals surface area contributed by atoms with E-state index < -0.39 is 4.92 Å². The Morgan fingerprint density at radius 2 is 2.15 bits per heavy atom. The third kappa shape index (κ3) is 3.40. The van der Waals surface area contributed by atoms with Crippen LogP contribution < -0.4 is 10.1 Å². The fourth-order valence-corrected chi connectivity index (χ4v) is 2.29. The molecule has 110 valence electrons. The highest BCUT2D eigenvalue weighted by Crippen LogP contribution is 2.51. The molecular formula is C15H22N2O3. The Bertz CT molecular complexity index is 512. The van der Waals surface area contributed by atoms with Gasteiger partial charge in [0.25, 0.3) is 0 Å². The highest BCUT2D eigenvalue weighted by atomic mass is 16.6. The first-order valence-corrected chi connectivity index (χ1v) is 6.98. The molecule has 0 heterocycles. The van der Waals surface area contributed by atoms with Crippen LogP contribution in [-0.2, 0) is 0 Å². The van der Waals surface area contributed by atoms with Gasteiger partial charge in [-0.05, 0) is 37.7 Å². The van der Waals surface area contributed by atoms with Gasteiger partial charge in [-0.2, -0.15) is 0 Å². The monoisotopic (exact) mass is 278 g/mol. The quantitative estimate of drug-likeness (QED) is 0.634. The Morgan fingerprint density at radius 1 is 1.50 bits per heavy atom. The first-order chi connectivity index (χ1) is 9.29. The van der Waals surface area contributed by atoms with Crippen molar-refractivity contribution in [1.29, 1.82) is 0 Å². The maximum atomic E-state index is 11.0. The van der Waals surface area contributed by atoms with Crippen molar-refractivity contribution in [2.75, 3.05) is 11.9 Å². The van der Waals surface area contributed by atoms with Crippen LogP contribution in [0.25, 0.3) is 0 Å². The molecule has 1 aliphatic rings. The van der Waals surface area contributed by atoms with Gasteiger partial charge in [0.1, 0.15) is 0 Å². The fourth-order valence-electron chi connectivity index (χ4n) is 2.29. The molecule has 0 aliphatic heterocycles. The molecule has 1 atom stereocenters. The van der Waals surface area contributed by atoms with Crippen LogP contribution in [0.5, 0.6) is 5.75 Å². The molecular weight excluding hydrogens is 256 g/mol. The predicted molar refractivity (Wildman–Crippen MR) is 79.2 cm³/mol. The molecule has 20 heavy (non-hydrogen) atoms. The van der Waals surface area contributed by atoms with Crippen LogP contribution in [0.1, 0.15) is 34.1 Å². The number of benzene rings is 1. The molecule has 1 fully saturated rings. The summed E-state index contributed by atoms with van der Waals surface area (Å²) in [6, 6.07) is 4.95. The van der Waals surface area contributed by atoms with Crippen LogP contribution in [0.3, 0.4) is 0 Å². The lowest BCUT2D eigenvalue weighted by atomic mass is 10.1. The summed E-state index contributed by atoms with van der Waals surface area (Å²) < 4.78 is 5.53. The minimum absolute atomic E-state index is 0.0102. The van der Waals surface area contributed by atoms with Crippen LogP contribution >= 0.6 is 0 Å². The highest BCUT2D eigenvalue weighted by molar-refractivity contribution is 5.58. The van der Waals surface area contributed by atoms with Gasteiger partial charge in [-0.15, -0.1) is 0 Å². The van der Waals surface area contributed by atoms with Crippen molar-refractivity contribution in [1.82, 2.24) is 0 Å². The molecule has 5 heteroatoms. The molecule has 1 N–H and O–H groups in total. The second-order valence-corrected chi connectivity index (χ2v) is 6.38. The molecule has 1 aromatic rings. The van der Waals surface area contributed by atoms with Crippen LogP contribution in [0.4, 0.5) is 11.4 Å². The van der Waals surface area contributed by atoms with Gasteiger partial charge in [-0.25, -0.2) is 0 Å². The van der Waals surface area contributed by atoms with Gasteiger partial charge in [-0.3, -0.25) is 10.1 Å². The van der Waals surface area contributed by atoms with Crippen molar-refractivity contribution in [3.8, 4) is 5.75 Å². The van der Waals surface area contributed by atoms with Gasteiger partial charge >= 0.3 is 5.69 Å². The zero-order valence-electron chi connectivity index (χ0n) is 12.5. The van der Waals surface area contributed by atoms with E-state index in [2.05, 4.69) is 19.2 Å². The van der Waals surface area contributed by atoms with Crippen LogP contribution in [-0.4, -0.2) is 17.6 Å². The molecule has 0 radical (unpaired) electrons. The standard InChI is InChI=1S/C15H22N2O3/c1-10(2)20-14-7-12(5-6-13(14)17(18)19)16-9-11-8-15(11,3)4/h5-7,10-11,16H,8-9H2,1-4H3. The Hall–Kier alpha value is -1.78. The summed E-state index contributed by atoms with van der Waals surface area (Å²) in [5.74, 6) is 0.997. The maximum absolute atomic E-state index is 11.0. The predicted octanol–water partition coefficient (Wildman–Crippen LogP) is 3.84. The minimum Gasteiger partial charge on any atom is -0.484 e. The van der Waals surface area contributed by atoms with Crippen LogP contribution in [0, 0.1) is 21.4 Å². The third-order valence-electron chi connectivity index (χ3n) is 3.79. The van der Waals surface area contributed by atoms with E-state index >= 15 is 0 Å². The third-order valence-corrected chi connectivity index (χ3v) is 3.79. The lowest BCUT2D eigenvalue weighted by molar-refractivity contribution is -0.386. The highest BCUT2D eigenvalue weighted by Gasteiger charge is 2.44. The Labute approximate surface area is 119 Å². The van der Waals surface area contributed by atoms with E-state index in [0.29, 0.717) is 17.1 Å². The van der Waals surface area contributed by atoms with Crippen LogP contribution in [0.15, 0.2) is 18.2 Å². The largest absolute Gasteiger partial charge is 0.484 e. The molecule has 0 aromatic heterocycles. The molecule has 2 rings (SSSR count). The summed E-state index contributed by atoms with van der Waals surface area (Å²) in [5.41, 5.74) is 1.30. The number of nitro benzene ring substituents is 1. The number of nitrogens with one attached hydrogen (secondary N) is 1. The smallest absolute Gasteiger partial charge is 0.311 e. The second-order valence-electron chi connectivity index (χ2n) is 6.38. The lowest BCUT2D eigenvalue weighted by Crippen LogP contribution is -2.10. The van der Waals surface area contributed by atoms with Crippen molar-refractivity contribution in [2.24, 2.45) is 11.3 Å². The second kappa shape index (κ2) is 5.31. The van der Waals surface area contributed by atoms with Gasteiger partial charge in [0.2, 0.25) is 0 Å². The van der Waals surface area contributed by atoms with Gasteiger partial charge < -0.3 is 10.1 Å². The molecule has 0 bridgehead atoms. The van der Waals surface area contributed by atoms with E-state index in [1.165, 1.54) is 12.5 Å². The van der Waals surface area contributed by atoms with Crippen molar-refractivity contribution < 1.29 is 9.66 Å². The maximum Gasteiger partial charge on any atom is 0.311 e. The molecule has 0 saturated heterocycles. The summed E-state index contributed by atoms with van der Waals surface area (Å²) in [6.07, 6.45) is 1.13. The van der Waals surface area contributed by atoms with Crippen molar-refractivity contribution >= 4 is 11.4 Å². The van der Waals surface area contributed by atoms with Gasteiger partial charge in [0, 0.05) is 24.4 Å². The van der Waals surface area contributed by atoms with E-state index in [1.807, 2.05) is 13.8 Å². The summed E-state index contributed by atoms with van der Waals surface area (Å²) >= 11 is 0. The number of anilines is 1. The van der Waals surface area contributed by atoms with Gasteiger partial charge in [0.15, 0.2) is 5.75 Å². The SMILES string of the molecule is CC(C)Oc1cc(NCC2CC2(C)C)ccc1[N+](=O)[O-]. The van der Waals surface area contributed by atoms with E-state index in [9.17, 15) is 10.1 Å². The van der Waals surface area contributed by atoms with Gasteiger partial charge in [-0.1, -0.05) is 13.8 Å². The Kier molecular flexibility index (Phi) is 3.88. The van der Waals surface area contributed by atoms with Crippen molar-refractivity contribution in [2.45, 2.75) is 40.2 Å². The molecule has 1 saturated carbocycles. The van der Waals surface area contributed by atoms with E-state index in [4.69, 9.17) is 4.74 Å². The number of hydrogen-bond donors (Lipinski definition) is 1.